The molecule has 0 radical (unpaired) electrons. The third kappa shape index (κ3) is 3.46. The van der Waals surface area contributed by atoms with E-state index in [4.69, 9.17) is 9.47 Å². The molecule has 0 heterocycles. The molecule has 2 aliphatic rings. The number of ether oxygens (including phenoxy) is 2. The van der Waals surface area contributed by atoms with Crippen LogP contribution in [0.3, 0.4) is 0 Å². The van der Waals surface area contributed by atoms with Crippen molar-refractivity contribution in [3.8, 4) is 11.5 Å². The zero-order valence-corrected chi connectivity index (χ0v) is 14.3. The van der Waals surface area contributed by atoms with Gasteiger partial charge in [-0.05, 0) is 61.6 Å². The van der Waals surface area contributed by atoms with Crippen LogP contribution in [0, 0.1) is 17.8 Å². The van der Waals surface area contributed by atoms with E-state index < -0.39 is 0 Å². The summed E-state index contributed by atoms with van der Waals surface area (Å²) in [6.07, 6.45) is 5.80. The van der Waals surface area contributed by atoms with Crippen LogP contribution in [0.2, 0.25) is 0 Å². The van der Waals surface area contributed by atoms with Crippen LogP contribution in [0.1, 0.15) is 38.2 Å². The number of nitrogens with one attached hydrogen (secondary N) is 1. The van der Waals surface area contributed by atoms with E-state index in [1.54, 1.807) is 14.2 Å². The molecule has 0 unspecified atom stereocenters. The molecule has 2 aliphatic carbocycles. The molecule has 0 spiro atoms. The van der Waals surface area contributed by atoms with Crippen LogP contribution in [-0.2, 0) is 11.2 Å². The monoisotopic (exact) mass is 317 g/mol. The van der Waals surface area contributed by atoms with E-state index >= 15 is 0 Å². The van der Waals surface area contributed by atoms with E-state index in [0.29, 0.717) is 23.8 Å². The lowest BCUT2D eigenvalue weighted by atomic mass is 9.84. The number of amides is 1. The van der Waals surface area contributed by atoms with E-state index in [9.17, 15) is 4.79 Å². The van der Waals surface area contributed by atoms with Crippen LogP contribution >= 0.6 is 0 Å². The molecule has 4 nitrogen and oxygen atoms in total. The summed E-state index contributed by atoms with van der Waals surface area (Å²) in [5, 5.41) is 3.21. The average Bonchev–Trinajstić information content (AvgIpc) is 3.17. The molecule has 2 fully saturated rings. The van der Waals surface area contributed by atoms with Gasteiger partial charge in [0.15, 0.2) is 11.5 Å². The summed E-state index contributed by atoms with van der Waals surface area (Å²) >= 11 is 0. The SMILES string of the molecule is COc1ccc(CC(=O)N[C@@H](C)[C@H]2C[C@H]3CC[C@H]2C3)cc1OC. The first kappa shape index (κ1) is 16.2. The van der Waals surface area contributed by atoms with Gasteiger partial charge in [-0.2, -0.15) is 0 Å². The summed E-state index contributed by atoms with van der Waals surface area (Å²) in [6.45, 7) is 2.16. The zero-order valence-electron chi connectivity index (χ0n) is 14.3. The molecule has 126 valence electrons. The lowest BCUT2D eigenvalue weighted by molar-refractivity contribution is -0.121. The molecule has 4 atom stereocenters. The van der Waals surface area contributed by atoms with Crippen LogP contribution < -0.4 is 14.8 Å². The Morgan fingerprint density at radius 3 is 2.61 bits per heavy atom. The second-order valence-electron chi connectivity index (χ2n) is 7.06. The first-order valence-electron chi connectivity index (χ1n) is 8.61. The lowest BCUT2D eigenvalue weighted by Crippen LogP contribution is -2.40. The summed E-state index contributed by atoms with van der Waals surface area (Å²) in [6, 6.07) is 5.92. The quantitative estimate of drug-likeness (QED) is 0.876. The Hall–Kier alpha value is -1.71. The predicted octanol–water partition coefficient (Wildman–Crippen LogP) is 3.19. The van der Waals surface area contributed by atoms with Crippen molar-refractivity contribution >= 4 is 5.91 Å². The normalized spacial score (nSPS) is 26.8. The lowest BCUT2D eigenvalue weighted by Gasteiger charge is -2.28. The van der Waals surface area contributed by atoms with Gasteiger partial charge in [0.1, 0.15) is 0 Å². The van der Waals surface area contributed by atoms with Crippen molar-refractivity contribution in [2.75, 3.05) is 14.2 Å². The highest BCUT2D eigenvalue weighted by molar-refractivity contribution is 5.79. The van der Waals surface area contributed by atoms with Crippen LogP contribution in [0.25, 0.3) is 0 Å². The van der Waals surface area contributed by atoms with Crippen molar-refractivity contribution in [1.82, 2.24) is 5.32 Å². The van der Waals surface area contributed by atoms with Gasteiger partial charge in [0.2, 0.25) is 5.91 Å². The van der Waals surface area contributed by atoms with E-state index in [0.717, 1.165) is 17.4 Å². The van der Waals surface area contributed by atoms with Crippen LogP contribution in [0.15, 0.2) is 18.2 Å². The molecular weight excluding hydrogens is 290 g/mol. The minimum Gasteiger partial charge on any atom is -0.493 e. The highest BCUT2D eigenvalue weighted by Crippen LogP contribution is 2.49. The number of carbonyl (C=O) groups excluding carboxylic acids is 1. The molecule has 2 saturated carbocycles. The molecule has 0 aliphatic heterocycles. The first-order chi connectivity index (χ1) is 11.1. The minimum absolute atomic E-state index is 0.0903. The van der Waals surface area contributed by atoms with Gasteiger partial charge in [0.05, 0.1) is 20.6 Å². The molecule has 2 bridgehead atoms. The Bertz CT molecular complexity index is 572. The Balaban J connectivity index is 1.57. The molecule has 1 amide bonds. The second-order valence-corrected chi connectivity index (χ2v) is 7.06. The zero-order chi connectivity index (χ0) is 16.4. The second kappa shape index (κ2) is 6.81. The van der Waals surface area contributed by atoms with Crippen molar-refractivity contribution in [2.24, 2.45) is 17.8 Å². The minimum atomic E-state index is 0.0903. The summed E-state index contributed by atoms with van der Waals surface area (Å²) in [7, 11) is 3.22. The maximum absolute atomic E-state index is 12.4. The summed E-state index contributed by atoms with van der Waals surface area (Å²) in [5.74, 6) is 3.85. The molecule has 3 rings (SSSR count). The number of rotatable bonds is 6. The molecular formula is C19H27NO3. The summed E-state index contributed by atoms with van der Waals surface area (Å²) in [4.78, 5) is 12.4. The number of hydrogen-bond acceptors (Lipinski definition) is 3. The van der Waals surface area contributed by atoms with E-state index in [2.05, 4.69) is 12.2 Å². The van der Waals surface area contributed by atoms with Gasteiger partial charge in [-0.15, -0.1) is 0 Å². The fraction of sp³-hybridized carbons (Fsp3) is 0.632. The standard InChI is InChI=1S/C19H27NO3/c1-12(16-9-13-4-6-15(16)8-13)20-19(21)11-14-5-7-17(22-2)18(10-14)23-3/h5,7,10,12-13,15-16H,4,6,8-9,11H2,1-3H3,(H,20,21)/t12-,13-,15-,16+/m0/s1. The van der Waals surface area contributed by atoms with Gasteiger partial charge in [-0.1, -0.05) is 12.5 Å². The van der Waals surface area contributed by atoms with Gasteiger partial charge in [-0.3, -0.25) is 4.79 Å². The van der Waals surface area contributed by atoms with Crippen LogP contribution in [-0.4, -0.2) is 26.2 Å². The van der Waals surface area contributed by atoms with E-state index in [-0.39, 0.29) is 11.9 Å². The van der Waals surface area contributed by atoms with E-state index in [1.165, 1.54) is 25.7 Å². The molecule has 0 saturated heterocycles. The molecule has 1 N–H and O–H groups in total. The topological polar surface area (TPSA) is 47.6 Å². The summed E-state index contributed by atoms with van der Waals surface area (Å²) < 4.78 is 10.5. The number of fused-ring (bicyclic) bond motifs is 2. The number of benzene rings is 1. The smallest absolute Gasteiger partial charge is 0.224 e. The fourth-order valence-electron chi connectivity index (χ4n) is 4.49. The fourth-order valence-corrected chi connectivity index (χ4v) is 4.49. The Kier molecular flexibility index (Phi) is 4.79. The number of methoxy groups -OCH3 is 2. The first-order valence-corrected chi connectivity index (χ1v) is 8.61. The van der Waals surface area contributed by atoms with Crippen molar-refractivity contribution in [2.45, 2.75) is 45.1 Å². The molecule has 0 aromatic heterocycles. The van der Waals surface area contributed by atoms with Crippen LogP contribution in [0.4, 0.5) is 0 Å². The highest BCUT2D eigenvalue weighted by Gasteiger charge is 2.42. The molecule has 1 aromatic carbocycles. The third-order valence-corrected chi connectivity index (χ3v) is 5.64. The Labute approximate surface area is 138 Å². The molecule has 4 heteroatoms. The predicted molar refractivity (Wildman–Crippen MR) is 89.8 cm³/mol. The van der Waals surface area contributed by atoms with Gasteiger partial charge >= 0.3 is 0 Å². The average molecular weight is 317 g/mol. The van der Waals surface area contributed by atoms with Crippen molar-refractivity contribution in [3.05, 3.63) is 23.8 Å². The Morgan fingerprint density at radius 2 is 2.00 bits per heavy atom. The number of hydrogen-bond donors (Lipinski definition) is 1. The number of carbonyl (C=O) groups is 1. The van der Waals surface area contributed by atoms with Crippen molar-refractivity contribution in [3.63, 3.8) is 0 Å². The largest absolute Gasteiger partial charge is 0.493 e. The van der Waals surface area contributed by atoms with Gasteiger partial charge in [0.25, 0.3) is 0 Å². The van der Waals surface area contributed by atoms with E-state index in [1.807, 2.05) is 18.2 Å². The van der Waals surface area contributed by atoms with Gasteiger partial charge < -0.3 is 14.8 Å². The van der Waals surface area contributed by atoms with Crippen LogP contribution in [0.5, 0.6) is 11.5 Å². The summed E-state index contributed by atoms with van der Waals surface area (Å²) in [5.41, 5.74) is 0.945. The van der Waals surface area contributed by atoms with Gasteiger partial charge in [-0.25, -0.2) is 0 Å². The third-order valence-electron chi connectivity index (χ3n) is 5.64. The molecule has 1 aromatic rings. The van der Waals surface area contributed by atoms with Crippen molar-refractivity contribution < 1.29 is 14.3 Å². The maximum Gasteiger partial charge on any atom is 0.224 e. The van der Waals surface area contributed by atoms with Gasteiger partial charge in [0, 0.05) is 6.04 Å². The maximum atomic E-state index is 12.4. The Morgan fingerprint density at radius 1 is 1.22 bits per heavy atom. The van der Waals surface area contributed by atoms with Crippen molar-refractivity contribution in [1.29, 1.82) is 0 Å². The molecule has 23 heavy (non-hydrogen) atoms. The highest BCUT2D eigenvalue weighted by atomic mass is 16.5.